The molecule has 1 aromatic heterocycles. The molecular formula is C17H21N3O2S. The number of thioether (sulfide) groups is 1. The predicted molar refractivity (Wildman–Crippen MR) is 93.4 cm³/mol. The van der Waals surface area contributed by atoms with E-state index in [4.69, 9.17) is 5.73 Å². The van der Waals surface area contributed by atoms with Gasteiger partial charge in [0.1, 0.15) is 0 Å². The first kappa shape index (κ1) is 17.3. The van der Waals surface area contributed by atoms with Crippen LogP contribution in [0.3, 0.4) is 0 Å². The summed E-state index contributed by atoms with van der Waals surface area (Å²) >= 11 is 1.35. The van der Waals surface area contributed by atoms with Crippen LogP contribution < -0.4 is 11.1 Å². The Balaban J connectivity index is 2.37. The van der Waals surface area contributed by atoms with Crippen LogP contribution in [0.2, 0.25) is 0 Å². The summed E-state index contributed by atoms with van der Waals surface area (Å²) in [5, 5.41) is 3.60. The predicted octanol–water partition coefficient (Wildman–Crippen LogP) is 3.16. The van der Waals surface area contributed by atoms with E-state index in [2.05, 4.69) is 10.3 Å². The molecule has 0 fully saturated rings. The highest BCUT2D eigenvalue weighted by Crippen LogP contribution is 2.31. The zero-order valence-corrected chi connectivity index (χ0v) is 14.5. The van der Waals surface area contributed by atoms with E-state index in [0.717, 1.165) is 27.1 Å². The van der Waals surface area contributed by atoms with Gasteiger partial charge in [0.05, 0.1) is 15.8 Å². The third-order valence-electron chi connectivity index (χ3n) is 3.58. The van der Waals surface area contributed by atoms with Crippen molar-refractivity contribution < 1.29 is 9.59 Å². The van der Waals surface area contributed by atoms with Gasteiger partial charge in [-0.3, -0.25) is 10.1 Å². The van der Waals surface area contributed by atoms with Gasteiger partial charge in [-0.05, 0) is 37.0 Å². The molecule has 1 heterocycles. The van der Waals surface area contributed by atoms with Crippen molar-refractivity contribution in [1.29, 1.82) is 0 Å². The molecule has 0 aliphatic heterocycles. The van der Waals surface area contributed by atoms with Crippen LogP contribution in [0, 0.1) is 19.8 Å². The molecule has 0 saturated carbocycles. The average Bonchev–Trinajstić information content (AvgIpc) is 2.44. The molecule has 0 aliphatic rings. The van der Waals surface area contributed by atoms with Gasteiger partial charge >= 0.3 is 6.03 Å². The molecule has 0 unspecified atom stereocenters. The Hall–Kier alpha value is -2.08. The number of nitrogens with one attached hydrogen (secondary N) is 1. The quantitative estimate of drug-likeness (QED) is 0.843. The highest BCUT2D eigenvalue weighted by atomic mass is 32.2. The van der Waals surface area contributed by atoms with E-state index in [9.17, 15) is 9.59 Å². The Labute approximate surface area is 140 Å². The molecule has 2 aromatic rings. The molecule has 2 rings (SSSR count). The number of imide groups is 1. The SMILES string of the molecule is Cc1cc(S[C@@H](C(=O)NC(N)=O)C(C)C)nc2c(C)cccc12. The molecule has 0 saturated heterocycles. The number of nitrogens with zero attached hydrogens (tertiary/aromatic N) is 1. The second-order valence-corrected chi connectivity index (χ2v) is 7.05. The summed E-state index contributed by atoms with van der Waals surface area (Å²) in [7, 11) is 0. The summed E-state index contributed by atoms with van der Waals surface area (Å²) in [6.07, 6.45) is 0. The van der Waals surface area contributed by atoms with Gasteiger partial charge in [-0.2, -0.15) is 0 Å². The zero-order chi connectivity index (χ0) is 17.1. The minimum atomic E-state index is -0.834. The molecule has 0 bridgehead atoms. The molecular weight excluding hydrogens is 310 g/mol. The number of carbonyl (C=O) groups excluding carboxylic acids is 2. The van der Waals surface area contributed by atoms with E-state index in [1.165, 1.54) is 11.8 Å². The number of rotatable bonds is 4. The van der Waals surface area contributed by atoms with Crippen LogP contribution in [0.1, 0.15) is 25.0 Å². The van der Waals surface area contributed by atoms with Crippen molar-refractivity contribution in [2.24, 2.45) is 11.7 Å². The number of primary amides is 1. The fourth-order valence-corrected chi connectivity index (χ4v) is 3.49. The Bertz CT molecular complexity index is 759. The number of nitrogens with two attached hydrogens (primary N) is 1. The Morgan fingerprint density at radius 1 is 1.22 bits per heavy atom. The molecule has 23 heavy (non-hydrogen) atoms. The molecule has 122 valence electrons. The molecule has 3 N–H and O–H groups in total. The summed E-state index contributed by atoms with van der Waals surface area (Å²) in [4.78, 5) is 27.8. The number of pyridine rings is 1. The van der Waals surface area contributed by atoms with Gasteiger partial charge in [0, 0.05) is 5.39 Å². The number of para-hydroxylation sites is 1. The van der Waals surface area contributed by atoms with E-state index >= 15 is 0 Å². The maximum atomic E-state index is 12.2. The topological polar surface area (TPSA) is 85.1 Å². The van der Waals surface area contributed by atoms with Crippen LogP contribution in [0.15, 0.2) is 29.3 Å². The monoisotopic (exact) mass is 331 g/mol. The number of carbonyl (C=O) groups is 2. The van der Waals surface area contributed by atoms with Crippen LogP contribution in [-0.4, -0.2) is 22.2 Å². The molecule has 0 aliphatic carbocycles. The van der Waals surface area contributed by atoms with E-state index in [1.807, 2.05) is 52.0 Å². The van der Waals surface area contributed by atoms with Gasteiger partial charge in [0.15, 0.2) is 0 Å². The third-order valence-corrected chi connectivity index (χ3v) is 5.05. The van der Waals surface area contributed by atoms with Gasteiger partial charge in [0.2, 0.25) is 5.91 Å². The lowest BCUT2D eigenvalue weighted by Gasteiger charge is -2.19. The van der Waals surface area contributed by atoms with Crippen molar-refractivity contribution in [1.82, 2.24) is 10.3 Å². The minimum Gasteiger partial charge on any atom is -0.351 e. The number of urea groups is 1. The normalized spacial score (nSPS) is 12.4. The maximum absolute atomic E-state index is 12.2. The Morgan fingerprint density at radius 2 is 1.91 bits per heavy atom. The van der Waals surface area contributed by atoms with Crippen molar-refractivity contribution in [3.05, 3.63) is 35.4 Å². The summed E-state index contributed by atoms with van der Waals surface area (Å²) in [6, 6.07) is 7.21. The smallest absolute Gasteiger partial charge is 0.318 e. The first-order valence-electron chi connectivity index (χ1n) is 7.43. The van der Waals surface area contributed by atoms with Gasteiger partial charge in [-0.15, -0.1) is 0 Å². The first-order valence-corrected chi connectivity index (χ1v) is 8.31. The number of amides is 3. The summed E-state index contributed by atoms with van der Waals surface area (Å²) in [6.45, 7) is 7.90. The molecule has 5 nitrogen and oxygen atoms in total. The lowest BCUT2D eigenvalue weighted by molar-refractivity contribution is -0.120. The number of hydrogen-bond acceptors (Lipinski definition) is 4. The van der Waals surface area contributed by atoms with Crippen molar-refractivity contribution in [2.45, 2.75) is 38.0 Å². The zero-order valence-electron chi connectivity index (χ0n) is 13.7. The third kappa shape index (κ3) is 4.01. The number of aryl methyl sites for hydroxylation is 2. The largest absolute Gasteiger partial charge is 0.351 e. The molecule has 0 radical (unpaired) electrons. The molecule has 6 heteroatoms. The van der Waals surface area contributed by atoms with Gasteiger partial charge in [0.25, 0.3) is 0 Å². The van der Waals surface area contributed by atoms with Crippen molar-refractivity contribution in [3.63, 3.8) is 0 Å². The molecule has 0 spiro atoms. The molecule has 1 aromatic carbocycles. The Morgan fingerprint density at radius 3 is 2.52 bits per heavy atom. The second-order valence-electron chi connectivity index (χ2n) is 5.88. The lowest BCUT2D eigenvalue weighted by atomic mass is 10.1. The molecule has 3 amide bonds. The second kappa shape index (κ2) is 7.00. The van der Waals surface area contributed by atoms with E-state index in [0.29, 0.717) is 0 Å². The standard InChI is InChI=1S/C17H21N3O2S/c1-9(2)15(16(21)20-17(18)22)23-13-8-11(4)12-7-5-6-10(3)14(12)19-13/h5-9,15H,1-4H3,(H3,18,20,21,22)/t15-/m1/s1. The van der Waals surface area contributed by atoms with Crippen LogP contribution in [0.4, 0.5) is 4.79 Å². The van der Waals surface area contributed by atoms with Crippen LogP contribution >= 0.6 is 11.8 Å². The van der Waals surface area contributed by atoms with E-state index < -0.39 is 11.3 Å². The Kier molecular flexibility index (Phi) is 5.26. The van der Waals surface area contributed by atoms with Gasteiger partial charge < -0.3 is 5.73 Å². The fourth-order valence-electron chi connectivity index (χ4n) is 2.41. The summed E-state index contributed by atoms with van der Waals surface area (Å²) in [5.74, 6) is -0.351. The van der Waals surface area contributed by atoms with E-state index in [-0.39, 0.29) is 11.8 Å². The minimum absolute atomic E-state index is 0.0361. The highest BCUT2D eigenvalue weighted by Gasteiger charge is 2.25. The van der Waals surface area contributed by atoms with Crippen LogP contribution in [0.5, 0.6) is 0 Å². The van der Waals surface area contributed by atoms with Crippen molar-refractivity contribution >= 4 is 34.6 Å². The fraction of sp³-hybridized carbons (Fsp3) is 0.353. The summed E-state index contributed by atoms with van der Waals surface area (Å²) in [5.41, 5.74) is 8.19. The van der Waals surface area contributed by atoms with Crippen molar-refractivity contribution in [3.8, 4) is 0 Å². The number of hydrogen-bond donors (Lipinski definition) is 2. The first-order chi connectivity index (χ1) is 10.8. The van der Waals surface area contributed by atoms with E-state index in [1.54, 1.807) is 0 Å². The number of benzene rings is 1. The number of aromatic nitrogens is 1. The molecule has 1 atom stereocenters. The van der Waals surface area contributed by atoms with Crippen LogP contribution in [0.25, 0.3) is 10.9 Å². The number of fused-ring (bicyclic) bond motifs is 1. The van der Waals surface area contributed by atoms with Crippen molar-refractivity contribution in [2.75, 3.05) is 0 Å². The van der Waals surface area contributed by atoms with Crippen LogP contribution in [-0.2, 0) is 4.79 Å². The average molecular weight is 331 g/mol. The summed E-state index contributed by atoms with van der Waals surface area (Å²) < 4.78 is 0. The van der Waals surface area contributed by atoms with Gasteiger partial charge in [-0.25, -0.2) is 9.78 Å². The lowest BCUT2D eigenvalue weighted by Crippen LogP contribution is -2.42. The highest BCUT2D eigenvalue weighted by molar-refractivity contribution is 8.00. The van der Waals surface area contributed by atoms with Gasteiger partial charge in [-0.1, -0.05) is 43.8 Å². The maximum Gasteiger partial charge on any atom is 0.318 e.